The van der Waals surface area contributed by atoms with Crippen molar-refractivity contribution in [2.45, 2.75) is 39.3 Å². The maximum Gasteiger partial charge on any atom is 0.343 e. The normalized spacial score (nSPS) is 13.6. The van der Waals surface area contributed by atoms with Crippen molar-refractivity contribution in [1.82, 2.24) is 4.57 Å². The Labute approximate surface area is 187 Å². The zero-order chi connectivity index (χ0) is 22.9. The van der Waals surface area contributed by atoms with Gasteiger partial charge in [0.1, 0.15) is 12.2 Å². The fraction of sp³-hybridized carbons (Fsp3) is 0.308. The van der Waals surface area contributed by atoms with Gasteiger partial charge in [-0.05, 0) is 50.5 Å². The molecule has 32 heavy (non-hydrogen) atoms. The average molecular weight is 434 g/mol. The summed E-state index contributed by atoms with van der Waals surface area (Å²) in [7, 11) is 1.60. The molecule has 166 valence electrons. The Morgan fingerprint density at radius 1 is 1.09 bits per heavy atom. The summed E-state index contributed by atoms with van der Waals surface area (Å²) < 4.78 is 18.7. The number of hydrogen-bond acceptors (Lipinski definition) is 5. The third kappa shape index (κ3) is 4.00. The molecule has 1 aliphatic rings. The Morgan fingerprint density at radius 2 is 1.84 bits per heavy atom. The number of nitrogens with zero attached hydrogens (tertiary/aromatic N) is 1. The molecule has 0 saturated heterocycles. The van der Waals surface area contributed by atoms with E-state index in [0.717, 1.165) is 22.4 Å². The number of aromatic nitrogens is 1. The number of carbonyl (C=O) groups excluding carboxylic acids is 1. The highest BCUT2D eigenvalue weighted by Crippen LogP contribution is 2.43. The Morgan fingerprint density at radius 3 is 2.53 bits per heavy atom. The lowest BCUT2D eigenvalue weighted by Gasteiger charge is -2.37. The predicted octanol–water partition coefficient (Wildman–Crippen LogP) is 4.57. The van der Waals surface area contributed by atoms with Gasteiger partial charge in [-0.15, -0.1) is 0 Å². The van der Waals surface area contributed by atoms with Crippen molar-refractivity contribution in [3.8, 4) is 22.8 Å². The molecular formula is C26H27NO5. The zero-order valence-corrected chi connectivity index (χ0v) is 18.8. The minimum Gasteiger partial charge on any atom is -0.493 e. The lowest BCUT2D eigenvalue weighted by molar-refractivity contribution is 0.0523. The molecule has 0 bridgehead atoms. The molecule has 6 heteroatoms. The van der Waals surface area contributed by atoms with Crippen molar-refractivity contribution < 1.29 is 19.0 Å². The molecule has 0 unspecified atom stereocenters. The zero-order valence-electron chi connectivity index (χ0n) is 18.8. The first kappa shape index (κ1) is 21.7. The summed E-state index contributed by atoms with van der Waals surface area (Å²) >= 11 is 0. The van der Waals surface area contributed by atoms with Crippen molar-refractivity contribution >= 4 is 5.97 Å². The lowest BCUT2D eigenvalue weighted by Crippen LogP contribution is -2.36. The number of fused-ring (bicyclic) bond motifs is 3. The molecular weight excluding hydrogens is 406 g/mol. The monoisotopic (exact) mass is 433 g/mol. The molecule has 2 aromatic carbocycles. The van der Waals surface area contributed by atoms with Gasteiger partial charge in [0.25, 0.3) is 0 Å². The third-order valence-corrected chi connectivity index (χ3v) is 5.72. The van der Waals surface area contributed by atoms with Crippen molar-refractivity contribution in [2.24, 2.45) is 0 Å². The van der Waals surface area contributed by atoms with Crippen LogP contribution < -0.4 is 14.9 Å². The van der Waals surface area contributed by atoms with Crippen LogP contribution in [0.25, 0.3) is 11.3 Å². The molecule has 0 atom stereocenters. The topological polar surface area (TPSA) is 66.8 Å². The molecule has 3 aromatic rings. The smallest absolute Gasteiger partial charge is 0.343 e. The summed E-state index contributed by atoms with van der Waals surface area (Å²) in [6.45, 7) is 6.52. The van der Waals surface area contributed by atoms with Gasteiger partial charge in [-0.3, -0.25) is 4.79 Å². The number of pyridine rings is 1. The highest BCUT2D eigenvalue weighted by Gasteiger charge is 2.32. The van der Waals surface area contributed by atoms with Gasteiger partial charge in [-0.2, -0.15) is 0 Å². The number of carbonyl (C=O) groups is 1. The van der Waals surface area contributed by atoms with E-state index >= 15 is 0 Å². The first-order chi connectivity index (χ1) is 15.3. The van der Waals surface area contributed by atoms with Crippen molar-refractivity contribution in [1.29, 1.82) is 0 Å². The Balaban J connectivity index is 1.78. The minimum absolute atomic E-state index is 0.0434. The second kappa shape index (κ2) is 8.54. The van der Waals surface area contributed by atoms with E-state index in [9.17, 15) is 9.59 Å². The standard InChI is InChI=1S/C26H27NO5/c1-5-31-25(29)20-15-27-21(13-22(20)28)19-12-23(30-4)24(11-18(19)14-26(27,2)3)32-16-17-9-7-6-8-10-17/h6-13,15H,5,14,16H2,1-4H3. The maximum atomic E-state index is 12.7. The van der Waals surface area contributed by atoms with Crippen LogP contribution in [0, 0.1) is 0 Å². The Bertz CT molecular complexity index is 1210. The number of methoxy groups -OCH3 is 1. The van der Waals surface area contributed by atoms with Gasteiger partial charge in [-0.1, -0.05) is 30.3 Å². The summed E-state index contributed by atoms with van der Waals surface area (Å²) in [5, 5.41) is 0. The lowest BCUT2D eigenvalue weighted by atomic mass is 9.85. The van der Waals surface area contributed by atoms with E-state index in [0.29, 0.717) is 24.5 Å². The van der Waals surface area contributed by atoms with Crippen molar-refractivity contribution in [2.75, 3.05) is 13.7 Å². The fourth-order valence-electron chi connectivity index (χ4n) is 4.15. The molecule has 4 rings (SSSR count). The van der Waals surface area contributed by atoms with Gasteiger partial charge in [0, 0.05) is 23.4 Å². The summed E-state index contributed by atoms with van der Waals surface area (Å²) in [5.41, 5.74) is 3.08. The summed E-state index contributed by atoms with van der Waals surface area (Å²) in [6.07, 6.45) is 2.32. The van der Waals surface area contributed by atoms with Crippen molar-refractivity contribution in [3.63, 3.8) is 0 Å². The molecule has 1 aliphatic heterocycles. The first-order valence-electron chi connectivity index (χ1n) is 10.7. The quantitative estimate of drug-likeness (QED) is 0.533. The fourth-order valence-corrected chi connectivity index (χ4v) is 4.15. The van der Waals surface area contributed by atoms with Crippen LogP contribution in [-0.2, 0) is 23.3 Å². The number of ether oxygens (including phenoxy) is 3. The minimum atomic E-state index is -0.600. The average Bonchev–Trinajstić information content (AvgIpc) is 2.77. The SMILES string of the molecule is CCOC(=O)c1cn2c(cc1=O)-c1cc(OC)c(OCc3ccccc3)cc1CC2(C)C. The number of rotatable bonds is 6. The number of hydrogen-bond donors (Lipinski definition) is 0. The Kier molecular flexibility index (Phi) is 5.78. The Hall–Kier alpha value is -3.54. The second-order valence-corrected chi connectivity index (χ2v) is 8.45. The molecule has 2 heterocycles. The van der Waals surface area contributed by atoms with Gasteiger partial charge in [-0.25, -0.2) is 4.79 Å². The van der Waals surface area contributed by atoms with Crippen LogP contribution in [0.1, 0.15) is 42.3 Å². The van der Waals surface area contributed by atoms with E-state index in [2.05, 4.69) is 13.8 Å². The maximum absolute atomic E-state index is 12.7. The molecule has 0 radical (unpaired) electrons. The molecule has 1 aromatic heterocycles. The first-order valence-corrected chi connectivity index (χ1v) is 10.7. The van der Waals surface area contributed by atoms with Crippen molar-refractivity contribution in [3.05, 3.63) is 81.6 Å². The van der Waals surface area contributed by atoms with Crippen LogP contribution in [-0.4, -0.2) is 24.3 Å². The summed E-state index contributed by atoms with van der Waals surface area (Å²) in [4.78, 5) is 25.0. The molecule has 0 saturated carbocycles. The van der Waals surface area contributed by atoms with Gasteiger partial charge >= 0.3 is 5.97 Å². The van der Waals surface area contributed by atoms with Crippen LogP contribution in [0.3, 0.4) is 0 Å². The van der Waals surface area contributed by atoms with E-state index < -0.39 is 5.97 Å². The van der Waals surface area contributed by atoms with E-state index in [1.165, 1.54) is 6.07 Å². The van der Waals surface area contributed by atoms with Gasteiger partial charge in [0.2, 0.25) is 0 Å². The molecule has 0 aliphatic carbocycles. The highest BCUT2D eigenvalue weighted by molar-refractivity contribution is 5.89. The van der Waals surface area contributed by atoms with E-state index in [4.69, 9.17) is 14.2 Å². The van der Waals surface area contributed by atoms with Crippen LogP contribution in [0.2, 0.25) is 0 Å². The van der Waals surface area contributed by atoms with E-state index in [1.807, 2.05) is 47.0 Å². The highest BCUT2D eigenvalue weighted by atomic mass is 16.5. The van der Waals surface area contributed by atoms with Crippen LogP contribution in [0.5, 0.6) is 11.5 Å². The van der Waals surface area contributed by atoms with Gasteiger partial charge in [0.05, 0.1) is 19.4 Å². The third-order valence-electron chi connectivity index (χ3n) is 5.72. The number of esters is 1. The second-order valence-electron chi connectivity index (χ2n) is 8.45. The van der Waals surface area contributed by atoms with Crippen LogP contribution >= 0.6 is 0 Å². The van der Waals surface area contributed by atoms with E-state index in [1.54, 1.807) is 20.2 Å². The molecule has 0 spiro atoms. The van der Waals surface area contributed by atoms with E-state index in [-0.39, 0.29) is 23.1 Å². The molecule has 6 nitrogen and oxygen atoms in total. The number of benzene rings is 2. The summed E-state index contributed by atoms with van der Waals surface area (Å²) in [6, 6.07) is 15.4. The molecule has 0 N–H and O–H groups in total. The molecule has 0 fully saturated rings. The van der Waals surface area contributed by atoms with Gasteiger partial charge < -0.3 is 18.8 Å². The predicted molar refractivity (Wildman–Crippen MR) is 122 cm³/mol. The van der Waals surface area contributed by atoms with Gasteiger partial charge in [0.15, 0.2) is 16.9 Å². The largest absolute Gasteiger partial charge is 0.493 e. The summed E-state index contributed by atoms with van der Waals surface area (Å²) in [5.74, 6) is 0.648. The van der Waals surface area contributed by atoms with Crippen LogP contribution in [0.4, 0.5) is 0 Å². The van der Waals surface area contributed by atoms with Crippen LogP contribution in [0.15, 0.2) is 59.5 Å². The molecule has 0 amide bonds.